The van der Waals surface area contributed by atoms with Gasteiger partial charge in [-0.3, -0.25) is 10.1 Å². The normalized spacial score (nSPS) is 23.7. The van der Waals surface area contributed by atoms with Gasteiger partial charge in [-0.15, -0.1) is 5.10 Å². The SMILES string of the molecule is CC1(C)CO[C@@]2(C)N(c3ccc([N+](=O)[O-])cc3)N=C(c3ccccc3)N12. The molecule has 7 heteroatoms. The van der Waals surface area contributed by atoms with Crippen LogP contribution in [-0.4, -0.2) is 33.7 Å². The van der Waals surface area contributed by atoms with Crippen molar-refractivity contribution >= 4 is 17.2 Å². The Morgan fingerprint density at radius 2 is 1.73 bits per heavy atom. The first-order chi connectivity index (χ1) is 12.3. The maximum atomic E-state index is 10.9. The van der Waals surface area contributed by atoms with Gasteiger partial charge in [-0.05, 0) is 26.0 Å². The Morgan fingerprint density at radius 3 is 2.35 bits per heavy atom. The van der Waals surface area contributed by atoms with E-state index >= 15 is 0 Å². The molecule has 1 atom stereocenters. The second kappa shape index (κ2) is 5.54. The topological polar surface area (TPSA) is 71.2 Å². The maximum absolute atomic E-state index is 10.9. The third-order valence-electron chi connectivity index (χ3n) is 4.86. The molecular formula is C19H20N4O3. The van der Waals surface area contributed by atoms with E-state index in [4.69, 9.17) is 9.84 Å². The fourth-order valence-electron chi connectivity index (χ4n) is 3.66. The van der Waals surface area contributed by atoms with Crippen LogP contribution in [0.1, 0.15) is 26.3 Å². The van der Waals surface area contributed by atoms with Gasteiger partial charge in [0.1, 0.15) is 0 Å². The van der Waals surface area contributed by atoms with Crippen molar-refractivity contribution in [2.75, 3.05) is 11.6 Å². The number of rotatable bonds is 3. The molecule has 0 spiro atoms. The molecule has 4 rings (SSSR count). The molecule has 2 aromatic rings. The molecule has 26 heavy (non-hydrogen) atoms. The van der Waals surface area contributed by atoms with Crippen molar-refractivity contribution in [1.29, 1.82) is 0 Å². The number of non-ortho nitro benzene ring substituents is 1. The smallest absolute Gasteiger partial charge is 0.269 e. The summed E-state index contributed by atoms with van der Waals surface area (Å²) in [7, 11) is 0. The molecule has 1 fully saturated rings. The van der Waals surface area contributed by atoms with Gasteiger partial charge in [0.15, 0.2) is 5.84 Å². The Kier molecular flexibility index (Phi) is 3.52. The second-order valence-corrected chi connectivity index (χ2v) is 7.25. The molecular weight excluding hydrogens is 332 g/mol. The summed E-state index contributed by atoms with van der Waals surface area (Å²) in [4.78, 5) is 12.7. The zero-order valence-corrected chi connectivity index (χ0v) is 14.9. The molecule has 0 aliphatic carbocycles. The summed E-state index contributed by atoms with van der Waals surface area (Å²) in [5.41, 5.74) is 1.56. The van der Waals surface area contributed by atoms with E-state index in [9.17, 15) is 10.1 Å². The maximum Gasteiger partial charge on any atom is 0.269 e. The van der Waals surface area contributed by atoms with E-state index in [1.54, 1.807) is 17.1 Å². The molecule has 2 aliphatic heterocycles. The average molecular weight is 352 g/mol. The van der Waals surface area contributed by atoms with Crippen molar-refractivity contribution in [3.8, 4) is 0 Å². The Balaban J connectivity index is 1.82. The molecule has 0 bridgehead atoms. The van der Waals surface area contributed by atoms with E-state index in [2.05, 4.69) is 18.7 Å². The van der Waals surface area contributed by atoms with Crippen molar-refractivity contribution in [3.63, 3.8) is 0 Å². The van der Waals surface area contributed by atoms with E-state index in [0.717, 1.165) is 17.1 Å². The van der Waals surface area contributed by atoms with Crippen LogP contribution >= 0.6 is 0 Å². The van der Waals surface area contributed by atoms with Gasteiger partial charge < -0.3 is 9.64 Å². The van der Waals surface area contributed by atoms with E-state index in [-0.39, 0.29) is 11.2 Å². The molecule has 7 nitrogen and oxygen atoms in total. The molecule has 0 radical (unpaired) electrons. The molecule has 2 aliphatic rings. The minimum atomic E-state index is -0.787. The molecule has 0 amide bonds. The lowest BCUT2D eigenvalue weighted by atomic mass is 10.0. The molecule has 2 heterocycles. The molecule has 1 saturated heterocycles. The highest BCUT2D eigenvalue weighted by atomic mass is 16.6. The van der Waals surface area contributed by atoms with Crippen LogP contribution in [0.3, 0.4) is 0 Å². The van der Waals surface area contributed by atoms with Crippen LogP contribution in [-0.2, 0) is 4.74 Å². The largest absolute Gasteiger partial charge is 0.334 e. The highest BCUT2D eigenvalue weighted by Gasteiger charge is 2.58. The van der Waals surface area contributed by atoms with Crippen molar-refractivity contribution in [2.45, 2.75) is 32.2 Å². The van der Waals surface area contributed by atoms with Crippen molar-refractivity contribution in [2.24, 2.45) is 5.10 Å². The fraction of sp³-hybridized carbons (Fsp3) is 0.316. The van der Waals surface area contributed by atoms with Crippen LogP contribution < -0.4 is 5.01 Å². The number of fused-ring (bicyclic) bond motifs is 1. The van der Waals surface area contributed by atoms with E-state index in [1.165, 1.54) is 12.1 Å². The Morgan fingerprint density at radius 1 is 1.08 bits per heavy atom. The molecule has 2 aromatic carbocycles. The first-order valence-corrected chi connectivity index (χ1v) is 8.46. The zero-order valence-electron chi connectivity index (χ0n) is 14.9. The summed E-state index contributed by atoms with van der Waals surface area (Å²) in [6.07, 6.45) is 0. The van der Waals surface area contributed by atoms with Crippen LogP contribution in [0.15, 0.2) is 59.7 Å². The highest BCUT2D eigenvalue weighted by Crippen LogP contribution is 2.45. The lowest BCUT2D eigenvalue weighted by molar-refractivity contribution is -0.384. The summed E-state index contributed by atoms with van der Waals surface area (Å²) in [6, 6.07) is 16.3. The van der Waals surface area contributed by atoms with Gasteiger partial charge in [-0.25, -0.2) is 5.01 Å². The molecule has 0 aromatic heterocycles. The lowest BCUT2D eigenvalue weighted by Gasteiger charge is -2.39. The zero-order chi connectivity index (χ0) is 18.5. The number of benzene rings is 2. The van der Waals surface area contributed by atoms with Crippen LogP contribution in [0, 0.1) is 10.1 Å². The highest BCUT2D eigenvalue weighted by molar-refractivity contribution is 6.02. The number of nitro benzene ring substituents is 1. The van der Waals surface area contributed by atoms with Gasteiger partial charge in [0.25, 0.3) is 5.69 Å². The van der Waals surface area contributed by atoms with E-state index in [1.807, 2.05) is 37.3 Å². The number of hydrazone groups is 1. The van der Waals surface area contributed by atoms with Gasteiger partial charge in [-0.1, -0.05) is 30.3 Å². The predicted octanol–water partition coefficient (Wildman–Crippen LogP) is 3.56. The van der Waals surface area contributed by atoms with Gasteiger partial charge in [0.05, 0.1) is 22.8 Å². The van der Waals surface area contributed by atoms with Crippen molar-refractivity contribution < 1.29 is 9.66 Å². The first-order valence-electron chi connectivity index (χ1n) is 8.46. The van der Waals surface area contributed by atoms with Crippen molar-refractivity contribution in [1.82, 2.24) is 4.90 Å². The summed E-state index contributed by atoms with van der Waals surface area (Å²) in [5, 5.41) is 17.6. The number of hydrogen-bond donors (Lipinski definition) is 0. The lowest BCUT2D eigenvalue weighted by Crippen LogP contribution is -2.55. The minimum absolute atomic E-state index is 0.0508. The summed E-state index contributed by atoms with van der Waals surface area (Å²) in [5.74, 6) is 0.0408. The predicted molar refractivity (Wildman–Crippen MR) is 98.8 cm³/mol. The fourth-order valence-corrected chi connectivity index (χ4v) is 3.66. The van der Waals surface area contributed by atoms with Crippen LogP contribution in [0.2, 0.25) is 0 Å². The third kappa shape index (κ3) is 2.35. The van der Waals surface area contributed by atoms with Gasteiger partial charge in [-0.2, -0.15) is 0 Å². The van der Waals surface area contributed by atoms with Crippen molar-refractivity contribution in [3.05, 3.63) is 70.3 Å². The number of amidine groups is 1. The molecule has 0 unspecified atom stereocenters. The second-order valence-electron chi connectivity index (χ2n) is 7.25. The molecule has 134 valence electrons. The van der Waals surface area contributed by atoms with E-state index < -0.39 is 10.8 Å². The van der Waals surface area contributed by atoms with Gasteiger partial charge >= 0.3 is 0 Å². The first kappa shape index (κ1) is 16.5. The summed E-state index contributed by atoms with van der Waals surface area (Å²) >= 11 is 0. The standard InChI is InChI=1S/C19H20N4O3/c1-18(2)13-26-19(3)21(18)17(14-7-5-4-6-8-14)20-22(19)15-9-11-16(12-10-15)23(24)25/h4-12H,13H2,1-3H3/t19-/m1/s1. The Labute approximate surface area is 151 Å². The van der Waals surface area contributed by atoms with E-state index in [0.29, 0.717) is 6.61 Å². The Hall–Kier alpha value is -2.93. The third-order valence-corrected chi connectivity index (χ3v) is 4.86. The Bertz CT molecular complexity index is 879. The average Bonchev–Trinajstić information content (AvgIpc) is 3.07. The van der Waals surface area contributed by atoms with Crippen LogP contribution in [0.25, 0.3) is 0 Å². The number of nitro groups is 1. The number of hydrogen-bond acceptors (Lipinski definition) is 6. The molecule has 0 saturated carbocycles. The van der Waals surface area contributed by atoms with Gasteiger partial charge in [0, 0.05) is 24.6 Å². The minimum Gasteiger partial charge on any atom is -0.334 e. The number of ether oxygens (including phenoxy) is 1. The van der Waals surface area contributed by atoms with Gasteiger partial charge in [0.2, 0.25) is 5.85 Å². The number of nitrogens with zero attached hydrogens (tertiary/aromatic N) is 4. The quantitative estimate of drug-likeness (QED) is 0.624. The monoisotopic (exact) mass is 352 g/mol. The summed E-state index contributed by atoms with van der Waals surface area (Å²) < 4.78 is 6.18. The number of anilines is 1. The van der Waals surface area contributed by atoms with Crippen LogP contribution in [0.4, 0.5) is 11.4 Å². The summed E-state index contributed by atoms with van der Waals surface area (Å²) in [6.45, 7) is 6.77. The van der Waals surface area contributed by atoms with Crippen LogP contribution in [0.5, 0.6) is 0 Å². The molecule has 0 N–H and O–H groups in total.